The van der Waals surface area contributed by atoms with Gasteiger partial charge in [-0.3, -0.25) is 4.68 Å². The van der Waals surface area contributed by atoms with Crippen molar-refractivity contribution in [2.24, 2.45) is 0 Å². The Labute approximate surface area is 220 Å². The first-order valence-corrected chi connectivity index (χ1v) is 12.2. The van der Waals surface area contributed by atoms with Crippen LogP contribution in [0.5, 0.6) is 0 Å². The van der Waals surface area contributed by atoms with E-state index in [0.717, 1.165) is 6.07 Å². The molecule has 1 aromatic carbocycles. The lowest BCUT2D eigenvalue weighted by atomic mass is 9.96. The van der Waals surface area contributed by atoms with E-state index in [2.05, 4.69) is 15.4 Å². The molecule has 0 bridgehead atoms. The van der Waals surface area contributed by atoms with Crippen LogP contribution in [0.3, 0.4) is 0 Å². The normalized spacial score (nSPS) is 19.7. The van der Waals surface area contributed by atoms with Crippen LogP contribution in [0.25, 0.3) is 11.3 Å². The smallest absolute Gasteiger partial charge is 0.383 e. The van der Waals surface area contributed by atoms with E-state index in [1.807, 2.05) is 6.07 Å². The Morgan fingerprint density at radius 1 is 1.32 bits per heavy atom. The molecular formula is C25H23ClF3N7O2. The molecule has 2 atom stereocenters. The summed E-state index contributed by atoms with van der Waals surface area (Å²) in [6, 6.07) is 8.82. The van der Waals surface area contributed by atoms with Gasteiger partial charge < -0.3 is 20.7 Å². The minimum Gasteiger partial charge on any atom is -0.383 e. The Bertz CT molecular complexity index is 1450. The van der Waals surface area contributed by atoms with Gasteiger partial charge in [-0.15, -0.1) is 0 Å². The molecule has 2 amide bonds. The third-order valence-corrected chi connectivity index (χ3v) is 7.23. The fraction of sp³-hybridized carbons (Fsp3) is 0.360. The van der Waals surface area contributed by atoms with E-state index in [4.69, 9.17) is 27.3 Å². The average molecular weight is 546 g/mol. The number of pyridine rings is 1. The Hall–Kier alpha value is -3.82. The number of nitriles is 1. The molecule has 4 heterocycles. The molecule has 2 aliphatic rings. The van der Waals surface area contributed by atoms with Crippen molar-refractivity contribution >= 4 is 23.4 Å². The number of fused-ring (bicyclic) bond motifs is 2. The van der Waals surface area contributed by atoms with Crippen molar-refractivity contribution < 1.29 is 22.7 Å². The minimum atomic E-state index is -4.64. The number of amides is 2. The first-order valence-electron chi connectivity index (χ1n) is 11.8. The summed E-state index contributed by atoms with van der Waals surface area (Å²) in [4.78, 5) is 18.4. The van der Waals surface area contributed by atoms with Gasteiger partial charge in [0.05, 0.1) is 54.3 Å². The third-order valence-electron chi connectivity index (χ3n) is 6.90. The van der Waals surface area contributed by atoms with Gasteiger partial charge in [-0.1, -0.05) is 17.7 Å². The van der Waals surface area contributed by atoms with Gasteiger partial charge in [0.15, 0.2) is 0 Å². The van der Waals surface area contributed by atoms with Gasteiger partial charge >= 0.3 is 12.2 Å². The molecule has 38 heavy (non-hydrogen) atoms. The average Bonchev–Trinajstić information content (AvgIpc) is 3.50. The molecule has 198 valence electrons. The number of rotatable bonds is 3. The number of aromatic nitrogens is 3. The fourth-order valence-corrected chi connectivity index (χ4v) is 5.27. The highest BCUT2D eigenvalue weighted by Crippen LogP contribution is 2.41. The van der Waals surface area contributed by atoms with Crippen molar-refractivity contribution in [3.8, 4) is 17.3 Å². The maximum Gasteiger partial charge on any atom is 0.419 e. The number of nitrogens with two attached hydrogens (primary N) is 1. The van der Waals surface area contributed by atoms with Crippen LogP contribution in [0.1, 0.15) is 41.8 Å². The van der Waals surface area contributed by atoms with Gasteiger partial charge in [0.25, 0.3) is 0 Å². The Morgan fingerprint density at radius 2 is 2.11 bits per heavy atom. The third kappa shape index (κ3) is 4.63. The molecule has 2 aliphatic heterocycles. The largest absolute Gasteiger partial charge is 0.419 e. The summed E-state index contributed by atoms with van der Waals surface area (Å²) in [7, 11) is 0. The highest BCUT2D eigenvalue weighted by atomic mass is 35.5. The van der Waals surface area contributed by atoms with Crippen LogP contribution in [0.15, 0.2) is 36.5 Å². The van der Waals surface area contributed by atoms with E-state index in [9.17, 15) is 18.0 Å². The van der Waals surface area contributed by atoms with Crippen LogP contribution in [0.2, 0.25) is 5.02 Å². The van der Waals surface area contributed by atoms with Crippen LogP contribution in [0, 0.1) is 11.3 Å². The Balaban J connectivity index is 1.35. The number of nitrogens with one attached hydrogen (secondary N) is 1. The highest BCUT2D eigenvalue weighted by Gasteiger charge is 2.47. The molecule has 0 unspecified atom stereocenters. The van der Waals surface area contributed by atoms with Crippen molar-refractivity contribution in [3.63, 3.8) is 0 Å². The van der Waals surface area contributed by atoms with E-state index in [1.165, 1.54) is 6.20 Å². The van der Waals surface area contributed by atoms with Crippen LogP contribution < -0.4 is 11.1 Å². The molecule has 1 spiro atoms. The van der Waals surface area contributed by atoms with Gasteiger partial charge in [-0.25, -0.2) is 9.78 Å². The molecule has 0 radical (unpaired) electrons. The zero-order valence-corrected chi connectivity index (χ0v) is 21.0. The number of nitrogens with zero attached hydrogens (tertiary/aromatic N) is 5. The van der Waals surface area contributed by atoms with Gasteiger partial charge in [-0.2, -0.15) is 23.5 Å². The molecule has 3 N–H and O–H groups in total. The number of carbonyl (C=O) groups is 1. The van der Waals surface area contributed by atoms with Crippen molar-refractivity contribution in [1.29, 1.82) is 5.26 Å². The number of halogens is 4. The molecule has 9 nitrogen and oxygen atoms in total. The molecule has 0 aliphatic carbocycles. The maximum absolute atomic E-state index is 13.4. The van der Waals surface area contributed by atoms with Crippen molar-refractivity contribution in [2.75, 3.05) is 25.4 Å². The SMILES string of the molecule is C[C@@H](NC(=O)N1CC[C@]2(C1)OCCn1nc(-c3cnc(N)c(C(F)(F)F)c3)cc12)c1ccc(C#N)cc1Cl. The molecule has 3 aromatic rings. The quantitative estimate of drug-likeness (QED) is 0.500. The first-order chi connectivity index (χ1) is 18.0. The van der Waals surface area contributed by atoms with E-state index in [-0.39, 0.29) is 18.1 Å². The predicted molar refractivity (Wildman–Crippen MR) is 132 cm³/mol. The highest BCUT2D eigenvalue weighted by molar-refractivity contribution is 6.31. The number of ether oxygens (including phenoxy) is 1. The number of alkyl halides is 3. The van der Waals surface area contributed by atoms with Gasteiger partial charge in [-0.05, 0) is 36.8 Å². The molecule has 1 saturated heterocycles. The molecule has 2 aromatic heterocycles. The number of carbonyl (C=O) groups excluding carboxylic acids is 1. The van der Waals surface area contributed by atoms with E-state index < -0.39 is 29.2 Å². The molecular weight excluding hydrogens is 523 g/mol. The Kier molecular flexibility index (Phi) is 6.44. The van der Waals surface area contributed by atoms with Gasteiger partial charge in [0.2, 0.25) is 0 Å². The molecule has 0 saturated carbocycles. The summed E-state index contributed by atoms with van der Waals surface area (Å²) in [5, 5.41) is 16.9. The lowest BCUT2D eigenvalue weighted by Crippen LogP contribution is -2.44. The predicted octanol–water partition coefficient (Wildman–Crippen LogP) is 4.47. The number of nitrogen functional groups attached to an aromatic ring is 1. The van der Waals surface area contributed by atoms with Gasteiger partial charge in [0, 0.05) is 29.7 Å². The summed E-state index contributed by atoms with van der Waals surface area (Å²) in [5.41, 5.74) is 5.86. The zero-order chi connectivity index (χ0) is 27.2. The van der Waals surface area contributed by atoms with Crippen LogP contribution in [-0.2, 0) is 23.1 Å². The lowest BCUT2D eigenvalue weighted by Gasteiger charge is -2.34. The fourth-order valence-electron chi connectivity index (χ4n) is 4.92. The second kappa shape index (κ2) is 9.49. The maximum atomic E-state index is 13.4. The van der Waals surface area contributed by atoms with E-state index in [1.54, 1.807) is 40.8 Å². The number of urea groups is 1. The molecule has 5 rings (SSSR count). The number of likely N-dealkylation sites (tertiary alicyclic amines) is 1. The van der Waals surface area contributed by atoms with Crippen molar-refractivity contribution in [3.05, 3.63) is 63.9 Å². The van der Waals surface area contributed by atoms with E-state index in [0.29, 0.717) is 53.7 Å². The van der Waals surface area contributed by atoms with Gasteiger partial charge in [0.1, 0.15) is 11.4 Å². The Morgan fingerprint density at radius 3 is 2.82 bits per heavy atom. The standard InChI is InChI=1S/C25H23ClF3N7O2/c1-14(17-3-2-15(11-30)8-19(17)26)33-23(37)35-5-4-24(13-35)21-10-20(34-36(21)6-7-38-24)16-9-18(25(27,28)29)22(31)32-12-16/h2-3,8-10,12,14H,4-7,13H2,1H3,(H2,31,32)(H,33,37)/t14-,24-/m1/s1. The first kappa shape index (κ1) is 25.8. The van der Waals surface area contributed by atoms with Crippen molar-refractivity contribution in [1.82, 2.24) is 25.0 Å². The number of hydrogen-bond acceptors (Lipinski definition) is 6. The number of anilines is 1. The second-order valence-electron chi connectivity index (χ2n) is 9.33. The summed E-state index contributed by atoms with van der Waals surface area (Å²) in [6.45, 7) is 3.21. The summed E-state index contributed by atoms with van der Waals surface area (Å²) >= 11 is 6.30. The van der Waals surface area contributed by atoms with Crippen LogP contribution in [0.4, 0.5) is 23.8 Å². The second-order valence-corrected chi connectivity index (χ2v) is 9.73. The summed E-state index contributed by atoms with van der Waals surface area (Å²) in [5.74, 6) is -0.598. The van der Waals surface area contributed by atoms with Crippen LogP contribution in [-0.4, -0.2) is 45.4 Å². The monoisotopic (exact) mass is 545 g/mol. The summed E-state index contributed by atoms with van der Waals surface area (Å²) < 4.78 is 47.9. The topological polar surface area (TPSA) is 122 Å². The number of benzene rings is 1. The van der Waals surface area contributed by atoms with Crippen molar-refractivity contribution in [2.45, 2.75) is 37.7 Å². The van der Waals surface area contributed by atoms with E-state index >= 15 is 0 Å². The molecule has 1 fully saturated rings. The lowest BCUT2D eigenvalue weighted by molar-refractivity contribution is -0.137. The minimum absolute atomic E-state index is 0.185. The molecule has 13 heteroatoms. The zero-order valence-electron chi connectivity index (χ0n) is 20.2. The number of hydrogen-bond donors (Lipinski definition) is 2. The summed E-state index contributed by atoms with van der Waals surface area (Å²) in [6.07, 6.45) is -2.89. The van der Waals surface area contributed by atoms with Crippen LogP contribution >= 0.6 is 11.6 Å².